The normalized spacial score (nSPS) is 13.2. The molecule has 1 atom stereocenters. The summed E-state index contributed by atoms with van der Waals surface area (Å²) in [5.74, 6) is -0.689. The van der Waals surface area contributed by atoms with Crippen LogP contribution in [0.1, 0.15) is 23.7 Å². The number of aliphatic hydroxyl groups excluding tert-OH is 1. The average Bonchev–Trinajstić information content (AvgIpc) is 2.35. The minimum absolute atomic E-state index is 0.0726. The summed E-state index contributed by atoms with van der Waals surface area (Å²) in [7, 11) is -3.84. The molecule has 0 saturated carbocycles. The second-order valence-electron chi connectivity index (χ2n) is 4.03. The highest BCUT2D eigenvalue weighted by Crippen LogP contribution is 2.20. The van der Waals surface area contributed by atoms with E-state index >= 15 is 0 Å². The Balaban J connectivity index is 3.12. The van der Waals surface area contributed by atoms with Gasteiger partial charge in [-0.1, -0.05) is 6.92 Å². The van der Waals surface area contributed by atoms with E-state index in [1.165, 1.54) is 18.2 Å². The maximum Gasteiger partial charge on any atom is 0.248 e. The van der Waals surface area contributed by atoms with E-state index in [1.807, 2.05) is 0 Å². The van der Waals surface area contributed by atoms with Gasteiger partial charge in [-0.05, 0) is 24.6 Å². The Kier molecular flexibility index (Phi) is 4.87. The molecule has 0 aliphatic carbocycles. The van der Waals surface area contributed by atoms with Gasteiger partial charge in [0.05, 0.1) is 12.3 Å². The first-order chi connectivity index (χ1) is 8.81. The molecule has 6 N–H and O–H groups in total. The van der Waals surface area contributed by atoms with Crippen LogP contribution in [0.4, 0.5) is 5.69 Å². The number of primary amides is 1. The van der Waals surface area contributed by atoms with E-state index in [9.17, 15) is 13.2 Å². The van der Waals surface area contributed by atoms with E-state index in [1.54, 1.807) is 6.92 Å². The lowest BCUT2D eigenvalue weighted by molar-refractivity contribution is 0.1000. The first kappa shape index (κ1) is 15.4. The van der Waals surface area contributed by atoms with Crippen LogP contribution in [0.2, 0.25) is 0 Å². The van der Waals surface area contributed by atoms with E-state index in [-0.39, 0.29) is 22.8 Å². The zero-order chi connectivity index (χ0) is 14.6. The molecule has 0 aromatic heterocycles. The van der Waals surface area contributed by atoms with E-state index in [2.05, 4.69) is 4.72 Å². The number of carbonyl (C=O) groups is 1. The van der Waals surface area contributed by atoms with Crippen LogP contribution in [-0.2, 0) is 10.0 Å². The lowest BCUT2D eigenvalue weighted by atomic mass is 10.2. The van der Waals surface area contributed by atoms with Crippen molar-refractivity contribution in [3.63, 3.8) is 0 Å². The molecule has 106 valence electrons. The molecule has 7 nitrogen and oxygen atoms in total. The van der Waals surface area contributed by atoms with E-state index in [4.69, 9.17) is 16.6 Å². The Morgan fingerprint density at radius 3 is 2.53 bits per heavy atom. The van der Waals surface area contributed by atoms with Gasteiger partial charge < -0.3 is 16.6 Å². The molecule has 19 heavy (non-hydrogen) atoms. The topological polar surface area (TPSA) is 136 Å². The SMILES string of the molecule is CC[C@@H](CO)NS(=O)(=O)c1ccc(C(N)=O)cc1N. The number of nitrogens with one attached hydrogen (secondary N) is 1. The molecule has 8 heteroatoms. The summed E-state index contributed by atoms with van der Waals surface area (Å²) in [6, 6.07) is 3.12. The molecule has 0 fully saturated rings. The van der Waals surface area contributed by atoms with Crippen LogP contribution in [0.3, 0.4) is 0 Å². The molecular formula is C11H17N3O4S. The molecule has 0 heterocycles. The van der Waals surface area contributed by atoms with Crippen molar-refractivity contribution in [3.05, 3.63) is 23.8 Å². The Morgan fingerprint density at radius 1 is 1.47 bits per heavy atom. The molecule has 1 aromatic carbocycles. The van der Waals surface area contributed by atoms with Gasteiger partial charge in [-0.25, -0.2) is 13.1 Å². The number of hydrogen-bond acceptors (Lipinski definition) is 5. The van der Waals surface area contributed by atoms with Gasteiger partial charge in [0, 0.05) is 11.6 Å². The van der Waals surface area contributed by atoms with Gasteiger partial charge >= 0.3 is 0 Å². The monoisotopic (exact) mass is 287 g/mol. The number of nitrogen functional groups attached to an aromatic ring is 1. The van der Waals surface area contributed by atoms with Crippen molar-refractivity contribution in [1.82, 2.24) is 4.72 Å². The third-order valence-electron chi connectivity index (χ3n) is 2.62. The van der Waals surface area contributed by atoms with Crippen molar-refractivity contribution < 1.29 is 18.3 Å². The number of nitrogens with two attached hydrogens (primary N) is 2. The summed E-state index contributed by atoms with van der Waals surface area (Å²) < 4.78 is 26.4. The second kappa shape index (κ2) is 6.00. The van der Waals surface area contributed by atoms with Crippen LogP contribution in [0.25, 0.3) is 0 Å². The Labute approximate surface area is 111 Å². The zero-order valence-corrected chi connectivity index (χ0v) is 11.3. The van der Waals surface area contributed by atoms with Crippen molar-refractivity contribution >= 4 is 21.6 Å². The zero-order valence-electron chi connectivity index (χ0n) is 10.5. The molecular weight excluding hydrogens is 270 g/mol. The smallest absolute Gasteiger partial charge is 0.248 e. The Hall–Kier alpha value is -1.64. The van der Waals surface area contributed by atoms with Crippen molar-refractivity contribution in [2.45, 2.75) is 24.3 Å². The summed E-state index contributed by atoms with van der Waals surface area (Å²) >= 11 is 0. The van der Waals surface area contributed by atoms with Gasteiger partial charge in [0.15, 0.2) is 0 Å². The molecule has 1 amide bonds. The van der Waals surface area contributed by atoms with E-state index in [0.717, 1.165) is 0 Å². The fraction of sp³-hybridized carbons (Fsp3) is 0.364. The number of hydrogen-bond donors (Lipinski definition) is 4. The first-order valence-corrected chi connectivity index (χ1v) is 7.12. The molecule has 1 rings (SSSR count). The average molecular weight is 287 g/mol. The number of carbonyl (C=O) groups excluding carboxylic acids is 1. The van der Waals surface area contributed by atoms with Gasteiger partial charge in [-0.15, -0.1) is 0 Å². The maximum atomic E-state index is 12.0. The summed E-state index contributed by atoms with van der Waals surface area (Å²) in [6.07, 6.45) is 0.439. The van der Waals surface area contributed by atoms with Gasteiger partial charge in [-0.2, -0.15) is 0 Å². The third kappa shape index (κ3) is 3.66. The van der Waals surface area contributed by atoms with Crippen molar-refractivity contribution in [1.29, 1.82) is 0 Å². The molecule has 0 saturated heterocycles. The number of benzene rings is 1. The Bertz CT molecular complexity index is 567. The number of rotatable bonds is 6. The summed E-state index contributed by atoms with van der Waals surface area (Å²) in [5.41, 5.74) is 10.7. The molecule has 0 bridgehead atoms. The van der Waals surface area contributed by atoms with Gasteiger partial charge in [-0.3, -0.25) is 4.79 Å². The number of aliphatic hydroxyl groups is 1. The number of anilines is 1. The van der Waals surface area contributed by atoms with Crippen molar-refractivity contribution in [2.75, 3.05) is 12.3 Å². The van der Waals surface area contributed by atoms with Crippen LogP contribution in [0, 0.1) is 0 Å². The fourth-order valence-corrected chi connectivity index (χ4v) is 2.90. The summed E-state index contributed by atoms with van der Waals surface area (Å²) in [4.78, 5) is 10.8. The van der Waals surface area contributed by atoms with Crippen LogP contribution in [-0.4, -0.2) is 32.1 Å². The minimum atomic E-state index is -3.84. The lowest BCUT2D eigenvalue weighted by Gasteiger charge is -2.15. The predicted octanol–water partition coefficient (Wildman–Crippen LogP) is -0.583. The molecule has 0 unspecified atom stereocenters. The largest absolute Gasteiger partial charge is 0.398 e. The predicted molar refractivity (Wildman–Crippen MR) is 70.9 cm³/mol. The first-order valence-electron chi connectivity index (χ1n) is 5.64. The summed E-state index contributed by atoms with van der Waals surface area (Å²) in [5, 5.41) is 9.00. The molecule has 0 radical (unpaired) electrons. The maximum absolute atomic E-state index is 12.0. The number of sulfonamides is 1. The quantitative estimate of drug-likeness (QED) is 0.519. The molecule has 1 aromatic rings. The van der Waals surface area contributed by atoms with Crippen LogP contribution >= 0.6 is 0 Å². The van der Waals surface area contributed by atoms with Crippen molar-refractivity contribution in [3.8, 4) is 0 Å². The molecule has 0 aliphatic heterocycles. The van der Waals surface area contributed by atoms with Crippen molar-refractivity contribution in [2.24, 2.45) is 5.73 Å². The lowest BCUT2D eigenvalue weighted by Crippen LogP contribution is -2.37. The van der Waals surface area contributed by atoms with Gasteiger partial charge in [0.2, 0.25) is 15.9 Å². The van der Waals surface area contributed by atoms with Crippen LogP contribution < -0.4 is 16.2 Å². The number of amides is 1. The minimum Gasteiger partial charge on any atom is -0.398 e. The standard InChI is InChI=1S/C11H17N3O4S/c1-2-8(6-15)14-19(17,18)10-4-3-7(11(13)16)5-9(10)12/h3-5,8,14-15H,2,6,12H2,1H3,(H2,13,16)/t8-/m0/s1. The van der Waals surface area contributed by atoms with E-state index < -0.39 is 22.0 Å². The van der Waals surface area contributed by atoms with Gasteiger partial charge in [0.1, 0.15) is 4.90 Å². The van der Waals surface area contributed by atoms with Crippen LogP contribution in [0.5, 0.6) is 0 Å². The third-order valence-corrected chi connectivity index (χ3v) is 4.21. The van der Waals surface area contributed by atoms with Gasteiger partial charge in [0.25, 0.3) is 0 Å². The summed E-state index contributed by atoms with van der Waals surface area (Å²) in [6.45, 7) is 1.43. The highest BCUT2D eigenvalue weighted by Gasteiger charge is 2.21. The Morgan fingerprint density at radius 2 is 2.11 bits per heavy atom. The fourth-order valence-electron chi connectivity index (χ4n) is 1.48. The van der Waals surface area contributed by atoms with Crippen LogP contribution in [0.15, 0.2) is 23.1 Å². The van der Waals surface area contributed by atoms with E-state index in [0.29, 0.717) is 6.42 Å². The highest BCUT2D eigenvalue weighted by atomic mass is 32.2. The highest BCUT2D eigenvalue weighted by molar-refractivity contribution is 7.89. The molecule has 0 aliphatic rings. The molecule has 0 spiro atoms. The second-order valence-corrected chi connectivity index (χ2v) is 5.71.